The number of hydrogen-bond acceptors (Lipinski definition) is 5. The van der Waals surface area contributed by atoms with Crippen LogP contribution in [-0.2, 0) is 14.3 Å². The van der Waals surface area contributed by atoms with Gasteiger partial charge in [0.2, 0.25) is 0 Å². The molecule has 22 heavy (non-hydrogen) atoms. The van der Waals surface area contributed by atoms with Gasteiger partial charge in [-0.15, -0.1) is 11.8 Å². The Morgan fingerprint density at radius 1 is 1.36 bits per heavy atom. The first-order valence-corrected chi connectivity index (χ1v) is 9.33. The van der Waals surface area contributed by atoms with E-state index in [0.29, 0.717) is 12.2 Å². The number of amides is 2. The topological polar surface area (TPSA) is 67.4 Å². The van der Waals surface area contributed by atoms with Crippen molar-refractivity contribution >= 4 is 41.0 Å². The number of thioether (sulfide) groups is 2. The van der Waals surface area contributed by atoms with Crippen molar-refractivity contribution in [3.63, 3.8) is 0 Å². The first kappa shape index (κ1) is 17.2. The zero-order valence-electron chi connectivity index (χ0n) is 12.7. The van der Waals surface area contributed by atoms with Crippen molar-refractivity contribution in [2.75, 3.05) is 36.7 Å². The minimum absolute atomic E-state index is 0.349. The Balaban J connectivity index is 1.91. The SMILES string of the molecule is CO[C@@]1(CNC(=O)C(=O)Nc2ccccc2SC)CCSC1. The van der Waals surface area contributed by atoms with Crippen LogP contribution in [0.2, 0.25) is 0 Å². The molecule has 1 aromatic rings. The molecular weight excluding hydrogens is 320 g/mol. The van der Waals surface area contributed by atoms with E-state index in [1.165, 1.54) is 11.8 Å². The number of benzene rings is 1. The van der Waals surface area contributed by atoms with E-state index >= 15 is 0 Å². The Hall–Kier alpha value is -1.18. The second-order valence-electron chi connectivity index (χ2n) is 5.03. The van der Waals surface area contributed by atoms with E-state index < -0.39 is 11.8 Å². The summed E-state index contributed by atoms with van der Waals surface area (Å²) in [5.41, 5.74) is 0.297. The summed E-state index contributed by atoms with van der Waals surface area (Å²) in [6.45, 7) is 0.354. The van der Waals surface area contributed by atoms with Crippen LogP contribution >= 0.6 is 23.5 Å². The molecule has 1 saturated heterocycles. The maximum absolute atomic E-state index is 12.0. The third-order valence-corrected chi connectivity index (χ3v) is 5.65. The van der Waals surface area contributed by atoms with Crippen LogP contribution in [0.4, 0.5) is 5.69 Å². The van der Waals surface area contributed by atoms with Crippen LogP contribution < -0.4 is 10.6 Å². The Kier molecular flexibility index (Phi) is 6.16. The molecule has 1 heterocycles. The van der Waals surface area contributed by atoms with Gasteiger partial charge in [-0.2, -0.15) is 11.8 Å². The summed E-state index contributed by atoms with van der Waals surface area (Å²) in [7, 11) is 1.65. The van der Waals surface area contributed by atoms with E-state index in [0.717, 1.165) is 22.8 Å². The number of para-hydroxylation sites is 1. The Morgan fingerprint density at radius 2 is 2.14 bits per heavy atom. The van der Waals surface area contributed by atoms with Crippen LogP contribution in [0.25, 0.3) is 0 Å². The molecule has 1 atom stereocenters. The van der Waals surface area contributed by atoms with Crippen molar-refractivity contribution in [2.45, 2.75) is 16.9 Å². The van der Waals surface area contributed by atoms with Gasteiger partial charge in [0.25, 0.3) is 0 Å². The molecule has 1 fully saturated rings. The van der Waals surface area contributed by atoms with Crippen LogP contribution in [-0.4, -0.2) is 48.8 Å². The van der Waals surface area contributed by atoms with E-state index in [1.54, 1.807) is 24.9 Å². The van der Waals surface area contributed by atoms with Crippen molar-refractivity contribution in [3.8, 4) is 0 Å². The van der Waals surface area contributed by atoms with E-state index in [4.69, 9.17) is 4.74 Å². The predicted molar refractivity (Wildman–Crippen MR) is 91.5 cm³/mol. The lowest BCUT2D eigenvalue weighted by atomic mass is 10.0. The number of carbonyl (C=O) groups is 2. The minimum atomic E-state index is -0.654. The van der Waals surface area contributed by atoms with E-state index in [2.05, 4.69) is 10.6 Å². The predicted octanol–water partition coefficient (Wildman–Crippen LogP) is 1.99. The van der Waals surface area contributed by atoms with E-state index in [1.807, 2.05) is 24.5 Å². The van der Waals surface area contributed by atoms with Crippen LogP contribution in [0.5, 0.6) is 0 Å². The number of nitrogens with one attached hydrogen (secondary N) is 2. The maximum Gasteiger partial charge on any atom is 0.313 e. The van der Waals surface area contributed by atoms with Gasteiger partial charge in [0.05, 0.1) is 11.3 Å². The smallest absolute Gasteiger partial charge is 0.313 e. The van der Waals surface area contributed by atoms with Gasteiger partial charge in [-0.3, -0.25) is 9.59 Å². The average Bonchev–Trinajstić information content (AvgIpc) is 3.02. The monoisotopic (exact) mass is 340 g/mol. The lowest BCUT2D eigenvalue weighted by Crippen LogP contribution is -2.47. The van der Waals surface area contributed by atoms with Crippen LogP contribution in [0, 0.1) is 0 Å². The van der Waals surface area contributed by atoms with Crippen molar-refractivity contribution in [1.82, 2.24) is 5.32 Å². The fourth-order valence-corrected chi connectivity index (χ4v) is 4.16. The minimum Gasteiger partial charge on any atom is -0.376 e. The van der Waals surface area contributed by atoms with Gasteiger partial charge in [0.1, 0.15) is 0 Å². The van der Waals surface area contributed by atoms with Crippen molar-refractivity contribution < 1.29 is 14.3 Å². The lowest BCUT2D eigenvalue weighted by molar-refractivity contribution is -0.136. The van der Waals surface area contributed by atoms with Crippen molar-refractivity contribution in [1.29, 1.82) is 0 Å². The molecular formula is C15H20N2O3S2. The number of ether oxygens (including phenoxy) is 1. The summed E-state index contributed by atoms with van der Waals surface area (Å²) in [6, 6.07) is 7.39. The highest BCUT2D eigenvalue weighted by Crippen LogP contribution is 2.30. The first-order chi connectivity index (χ1) is 10.6. The maximum atomic E-state index is 12.0. The molecule has 1 aliphatic rings. The molecule has 0 spiro atoms. The van der Waals surface area contributed by atoms with E-state index in [9.17, 15) is 9.59 Å². The molecule has 0 unspecified atom stereocenters. The highest BCUT2D eigenvalue weighted by Gasteiger charge is 2.35. The summed E-state index contributed by atoms with van der Waals surface area (Å²) >= 11 is 3.31. The Bertz CT molecular complexity index is 545. The number of anilines is 1. The van der Waals surface area contributed by atoms with Gasteiger partial charge in [-0.1, -0.05) is 12.1 Å². The molecule has 0 bridgehead atoms. The van der Waals surface area contributed by atoms with Crippen LogP contribution in [0.3, 0.4) is 0 Å². The average molecular weight is 340 g/mol. The lowest BCUT2D eigenvalue weighted by Gasteiger charge is -2.26. The second-order valence-corrected chi connectivity index (χ2v) is 6.98. The fraction of sp³-hybridized carbons (Fsp3) is 0.467. The number of methoxy groups -OCH3 is 1. The van der Waals surface area contributed by atoms with Crippen LogP contribution in [0.1, 0.15) is 6.42 Å². The quantitative estimate of drug-likeness (QED) is 0.634. The third kappa shape index (κ3) is 4.18. The zero-order chi connectivity index (χ0) is 16.0. The van der Waals surface area contributed by atoms with Gasteiger partial charge in [-0.05, 0) is 30.6 Å². The Labute approximate surface area is 138 Å². The van der Waals surface area contributed by atoms with Gasteiger partial charge in [-0.25, -0.2) is 0 Å². The molecule has 2 rings (SSSR count). The number of carbonyl (C=O) groups excluding carboxylic acids is 2. The van der Waals surface area contributed by atoms with Gasteiger partial charge in [0, 0.05) is 24.3 Å². The molecule has 5 nitrogen and oxygen atoms in total. The molecule has 120 valence electrons. The summed E-state index contributed by atoms with van der Waals surface area (Å²) < 4.78 is 5.51. The highest BCUT2D eigenvalue weighted by molar-refractivity contribution is 7.99. The molecule has 0 aliphatic carbocycles. The van der Waals surface area contributed by atoms with Gasteiger partial charge in [0.15, 0.2) is 0 Å². The highest BCUT2D eigenvalue weighted by atomic mass is 32.2. The number of hydrogen-bond donors (Lipinski definition) is 2. The molecule has 0 radical (unpaired) electrons. The molecule has 2 amide bonds. The van der Waals surface area contributed by atoms with Crippen LogP contribution in [0.15, 0.2) is 29.2 Å². The molecule has 0 aromatic heterocycles. The summed E-state index contributed by atoms with van der Waals surface area (Å²) in [4.78, 5) is 24.9. The molecule has 1 aromatic carbocycles. The third-order valence-electron chi connectivity index (χ3n) is 3.63. The fourth-order valence-electron chi connectivity index (χ4n) is 2.21. The van der Waals surface area contributed by atoms with Crippen molar-refractivity contribution in [3.05, 3.63) is 24.3 Å². The summed E-state index contributed by atoms with van der Waals surface area (Å²) in [6.07, 6.45) is 2.80. The summed E-state index contributed by atoms with van der Waals surface area (Å²) in [5.74, 6) is 0.556. The Morgan fingerprint density at radius 3 is 2.77 bits per heavy atom. The molecule has 2 N–H and O–H groups in total. The largest absolute Gasteiger partial charge is 0.376 e. The molecule has 1 aliphatic heterocycles. The van der Waals surface area contributed by atoms with Gasteiger partial charge < -0.3 is 15.4 Å². The normalized spacial score (nSPS) is 20.6. The number of rotatable bonds is 5. The zero-order valence-corrected chi connectivity index (χ0v) is 14.3. The standard InChI is InChI=1S/C15H20N2O3S2/c1-20-15(7-8-22-10-15)9-16-13(18)14(19)17-11-5-3-4-6-12(11)21-2/h3-6H,7-10H2,1-2H3,(H,16,18)(H,17,19)/t15-/m1/s1. The second kappa shape index (κ2) is 7.89. The molecule has 0 saturated carbocycles. The van der Waals surface area contributed by atoms with Crippen molar-refractivity contribution in [2.24, 2.45) is 0 Å². The van der Waals surface area contributed by atoms with E-state index in [-0.39, 0.29) is 5.60 Å². The first-order valence-electron chi connectivity index (χ1n) is 6.95. The molecule has 7 heteroatoms. The van der Waals surface area contributed by atoms with Gasteiger partial charge >= 0.3 is 11.8 Å². The summed E-state index contributed by atoms with van der Waals surface area (Å²) in [5, 5.41) is 5.33.